The van der Waals surface area contributed by atoms with Crippen molar-refractivity contribution in [1.29, 1.82) is 0 Å². The fourth-order valence-corrected chi connectivity index (χ4v) is 9.63. The molecule has 3 nitrogen and oxygen atoms in total. The molecule has 5 aromatic carbocycles. The van der Waals surface area contributed by atoms with E-state index in [-0.39, 0.29) is 16.2 Å². The van der Waals surface area contributed by atoms with E-state index in [9.17, 15) is 0 Å². The van der Waals surface area contributed by atoms with E-state index >= 15 is 0 Å². The minimum absolute atomic E-state index is 0.000590. The first-order valence-electron chi connectivity index (χ1n) is 20.3. The Hall–Kier alpha value is -4.28. The Labute approximate surface area is 337 Å². The average molecular weight is 794 g/mol. The summed E-state index contributed by atoms with van der Waals surface area (Å²) in [5, 5.41) is 1.12. The summed E-state index contributed by atoms with van der Waals surface area (Å²) in [4.78, 5) is 5.12. The molecule has 0 saturated heterocycles. The van der Waals surface area contributed by atoms with Crippen molar-refractivity contribution in [2.24, 2.45) is 11.8 Å². The summed E-state index contributed by atoms with van der Waals surface area (Å²) < 4.78 is 7.54. The lowest BCUT2D eigenvalue weighted by Crippen LogP contribution is -2.36. The number of rotatable bonds is 7. The lowest BCUT2D eigenvalue weighted by Gasteiger charge is -2.38. The second-order valence-electron chi connectivity index (χ2n) is 19.3. The molecule has 2 bridgehead atoms. The zero-order chi connectivity index (χ0) is 38.9. The third kappa shape index (κ3) is 7.40. The normalized spacial score (nSPS) is 18.6. The molecule has 8 rings (SSSR count). The third-order valence-corrected chi connectivity index (χ3v) is 12.9. The van der Waals surface area contributed by atoms with Crippen LogP contribution in [0.4, 0.5) is 28.4 Å². The molecular formula is C51H57BrN2O. The van der Waals surface area contributed by atoms with Gasteiger partial charge in [0.05, 0.1) is 11.4 Å². The predicted octanol–water partition coefficient (Wildman–Crippen LogP) is 15.6. The molecule has 2 aliphatic carbocycles. The van der Waals surface area contributed by atoms with Crippen LogP contribution in [-0.4, -0.2) is 6.04 Å². The highest BCUT2D eigenvalue weighted by molar-refractivity contribution is 9.10. The summed E-state index contributed by atoms with van der Waals surface area (Å²) in [6.45, 7) is 20.6. The van der Waals surface area contributed by atoms with Gasteiger partial charge in [-0.1, -0.05) is 123 Å². The second-order valence-corrected chi connectivity index (χ2v) is 20.2. The number of hydrogen-bond donors (Lipinski definition) is 0. The van der Waals surface area contributed by atoms with Gasteiger partial charge in [0.25, 0.3) is 0 Å². The SMILES string of the molecule is CC(C)(C)c1ccc(N(c2cc(-c3ccccc3)cc(N(c3ccc(C(C)(C)C)cc3Br)C3CC4CCC3C4)c2)c2coc3ccc(C(C)(C)C)cc23)cc1. The predicted molar refractivity (Wildman–Crippen MR) is 238 cm³/mol. The van der Waals surface area contributed by atoms with Crippen molar-refractivity contribution in [3.63, 3.8) is 0 Å². The largest absolute Gasteiger partial charge is 0.462 e. The van der Waals surface area contributed by atoms with Crippen LogP contribution in [0.1, 0.15) is 105 Å². The van der Waals surface area contributed by atoms with Crippen LogP contribution in [-0.2, 0) is 16.2 Å². The number of fused-ring (bicyclic) bond motifs is 3. The van der Waals surface area contributed by atoms with Crippen molar-refractivity contribution >= 4 is 55.3 Å². The Balaban J connectivity index is 1.38. The van der Waals surface area contributed by atoms with Gasteiger partial charge in [-0.2, -0.15) is 0 Å². The van der Waals surface area contributed by atoms with Gasteiger partial charge in [-0.25, -0.2) is 0 Å². The second kappa shape index (κ2) is 14.0. The molecular weight excluding hydrogens is 736 g/mol. The number of furan rings is 1. The van der Waals surface area contributed by atoms with Gasteiger partial charge >= 0.3 is 0 Å². The molecule has 0 radical (unpaired) electrons. The molecule has 0 aliphatic heterocycles. The van der Waals surface area contributed by atoms with E-state index < -0.39 is 0 Å². The fourth-order valence-electron chi connectivity index (χ4n) is 9.06. The van der Waals surface area contributed by atoms with Crippen LogP contribution in [0.3, 0.4) is 0 Å². The first kappa shape index (κ1) is 37.6. The molecule has 4 heteroatoms. The molecule has 2 fully saturated rings. The van der Waals surface area contributed by atoms with E-state index in [1.54, 1.807) is 0 Å². The third-order valence-electron chi connectivity index (χ3n) is 12.3. The molecule has 1 heterocycles. The van der Waals surface area contributed by atoms with Gasteiger partial charge < -0.3 is 14.2 Å². The molecule has 1 aromatic heterocycles. The van der Waals surface area contributed by atoms with Gasteiger partial charge in [0.2, 0.25) is 0 Å². The van der Waals surface area contributed by atoms with Crippen LogP contribution >= 0.6 is 15.9 Å². The van der Waals surface area contributed by atoms with Crippen LogP contribution in [0.2, 0.25) is 0 Å². The highest BCUT2D eigenvalue weighted by atomic mass is 79.9. The maximum atomic E-state index is 6.39. The zero-order valence-electron chi connectivity index (χ0n) is 34.2. The summed E-state index contributed by atoms with van der Waals surface area (Å²) >= 11 is 4.12. The highest BCUT2D eigenvalue weighted by Gasteiger charge is 2.43. The van der Waals surface area contributed by atoms with Crippen LogP contribution in [0, 0.1) is 11.8 Å². The molecule has 3 unspecified atom stereocenters. The summed E-state index contributed by atoms with van der Waals surface area (Å²) in [6, 6.07) is 41.5. The van der Waals surface area contributed by atoms with Crippen molar-refractivity contribution in [2.45, 2.75) is 110 Å². The first-order valence-corrected chi connectivity index (χ1v) is 21.1. The number of hydrogen-bond acceptors (Lipinski definition) is 3. The molecule has 55 heavy (non-hydrogen) atoms. The molecule has 0 spiro atoms. The monoisotopic (exact) mass is 792 g/mol. The minimum Gasteiger partial charge on any atom is -0.462 e. The molecule has 0 N–H and O–H groups in total. The maximum absolute atomic E-state index is 6.39. The van der Waals surface area contributed by atoms with E-state index in [0.29, 0.717) is 12.0 Å². The molecule has 3 atom stereocenters. The van der Waals surface area contributed by atoms with Crippen LogP contribution in [0.5, 0.6) is 0 Å². The van der Waals surface area contributed by atoms with Gasteiger partial charge in [0.15, 0.2) is 0 Å². The quantitative estimate of drug-likeness (QED) is 0.160. The fraction of sp³-hybridized carbons (Fsp3) is 0.373. The minimum atomic E-state index is -0.000590. The summed E-state index contributed by atoms with van der Waals surface area (Å²) in [6.07, 6.45) is 7.17. The number of anilines is 5. The average Bonchev–Trinajstić information content (AvgIpc) is 3.89. The van der Waals surface area contributed by atoms with E-state index in [4.69, 9.17) is 4.42 Å². The molecule has 2 saturated carbocycles. The van der Waals surface area contributed by atoms with Crippen molar-refractivity contribution in [2.75, 3.05) is 9.80 Å². The van der Waals surface area contributed by atoms with Gasteiger partial charge in [0, 0.05) is 33.0 Å². The van der Waals surface area contributed by atoms with Crippen LogP contribution < -0.4 is 9.80 Å². The topological polar surface area (TPSA) is 19.6 Å². The number of benzene rings is 5. The maximum Gasteiger partial charge on any atom is 0.136 e. The van der Waals surface area contributed by atoms with Crippen molar-refractivity contribution in [3.05, 3.63) is 137 Å². The van der Waals surface area contributed by atoms with E-state index in [1.807, 2.05) is 6.26 Å². The van der Waals surface area contributed by atoms with Crippen molar-refractivity contribution in [3.8, 4) is 11.1 Å². The van der Waals surface area contributed by atoms with E-state index in [1.165, 1.54) is 64.9 Å². The van der Waals surface area contributed by atoms with Gasteiger partial charge in [-0.05, 0) is 146 Å². The molecule has 6 aromatic rings. The first-order chi connectivity index (χ1) is 26.0. The Bertz CT molecular complexity index is 2320. The van der Waals surface area contributed by atoms with Crippen LogP contribution in [0.15, 0.2) is 124 Å². The Morgan fingerprint density at radius 1 is 0.564 bits per heavy atom. The van der Waals surface area contributed by atoms with Gasteiger partial charge in [0.1, 0.15) is 11.8 Å². The smallest absolute Gasteiger partial charge is 0.136 e. The molecule has 2 aliphatic rings. The molecule has 0 amide bonds. The summed E-state index contributed by atoms with van der Waals surface area (Å²) in [5.74, 6) is 1.48. The van der Waals surface area contributed by atoms with Crippen LogP contribution in [0.25, 0.3) is 22.1 Å². The lowest BCUT2D eigenvalue weighted by atomic mass is 9.86. The van der Waals surface area contributed by atoms with Gasteiger partial charge in [-0.15, -0.1) is 0 Å². The Morgan fingerprint density at radius 3 is 1.82 bits per heavy atom. The van der Waals surface area contributed by atoms with Crippen molar-refractivity contribution < 1.29 is 4.42 Å². The Morgan fingerprint density at radius 2 is 1.20 bits per heavy atom. The number of halogens is 1. The van der Waals surface area contributed by atoms with E-state index in [2.05, 4.69) is 197 Å². The number of nitrogens with zero attached hydrogens (tertiary/aromatic N) is 2. The highest BCUT2D eigenvalue weighted by Crippen LogP contribution is 2.52. The Kier molecular flexibility index (Phi) is 9.60. The summed E-state index contributed by atoms with van der Waals surface area (Å²) in [7, 11) is 0. The standard InChI is InChI=1S/C51H57BrN2O/c1-49(2,3)37-17-21-40(22-18-37)53(47-32-55-48-24-20-38(29-43(47)48)50(4,5)6)41-27-36(34-13-11-10-12-14-34)28-42(31-41)54(46-26-33-15-16-35(46)25-33)45-23-19-39(30-44(45)52)51(7,8)9/h10-14,17-24,27-33,35,46H,15-16,25-26H2,1-9H3. The van der Waals surface area contributed by atoms with Crippen molar-refractivity contribution in [1.82, 2.24) is 0 Å². The molecule has 284 valence electrons. The lowest BCUT2D eigenvalue weighted by molar-refractivity contribution is 0.413. The van der Waals surface area contributed by atoms with Gasteiger partial charge in [-0.3, -0.25) is 0 Å². The zero-order valence-corrected chi connectivity index (χ0v) is 35.8. The summed E-state index contributed by atoms with van der Waals surface area (Å²) in [5.41, 5.74) is 13.1. The van der Waals surface area contributed by atoms with E-state index in [0.717, 1.165) is 38.4 Å².